The average molecular weight is 410 g/mol. The van der Waals surface area contributed by atoms with Crippen LogP contribution < -0.4 is 15.5 Å². The Balaban J connectivity index is 1.21. The smallest absolute Gasteiger partial charge is 0.251 e. The van der Waals surface area contributed by atoms with Crippen molar-refractivity contribution >= 4 is 11.6 Å². The average Bonchev–Trinajstić information content (AvgIpc) is 3.37. The molecule has 1 amide bonds. The molecule has 4 rings (SSSR count). The van der Waals surface area contributed by atoms with Crippen LogP contribution in [0, 0.1) is 13.8 Å². The quantitative estimate of drug-likeness (QED) is 0.735. The van der Waals surface area contributed by atoms with E-state index in [1.165, 1.54) is 24.2 Å². The molecule has 0 spiro atoms. The Kier molecular flexibility index (Phi) is 6.72. The lowest BCUT2D eigenvalue weighted by Gasteiger charge is -2.34. The Labute approximate surface area is 180 Å². The van der Waals surface area contributed by atoms with Gasteiger partial charge in [0.05, 0.1) is 12.2 Å². The minimum Gasteiger partial charge on any atom is -0.371 e. The van der Waals surface area contributed by atoms with Gasteiger partial charge in [-0.15, -0.1) is 0 Å². The summed E-state index contributed by atoms with van der Waals surface area (Å²) < 4.78 is 2.09. The maximum Gasteiger partial charge on any atom is 0.251 e. The van der Waals surface area contributed by atoms with Crippen LogP contribution in [0.2, 0.25) is 0 Å². The number of hydrogen-bond acceptors (Lipinski definition) is 4. The van der Waals surface area contributed by atoms with Gasteiger partial charge in [-0.25, -0.2) is 0 Å². The van der Waals surface area contributed by atoms with Crippen LogP contribution in [0.25, 0.3) is 0 Å². The molecule has 0 radical (unpaired) electrons. The number of hydrogen-bond donors (Lipinski definition) is 2. The van der Waals surface area contributed by atoms with E-state index >= 15 is 0 Å². The van der Waals surface area contributed by atoms with Crippen molar-refractivity contribution in [2.75, 3.05) is 24.5 Å². The Hall–Kier alpha value is -2.34. The van der Waals surface area contributed by atoms with Crippen molar-refractivity contribution < 1.29 is 4.79 Å². The van der Waals surface area contributed by atoms with E-state index in [2.05, 4.69) is 50.4 Å². The zero-order valence-corrected chi connectivity index (χ0v) is 18.4. The molecule has 6 heteroatoms. The molecule has 6 nitrogen and oxygen atoms in total. The zero-order valence-electron chi connectivity index (χ0n) is 18.4. The molecular weight excluding hydrogens is 374 g/mol. The lowest BCUT2D eigenvalue weighted by molar-refractivity contribution is 0.0938. The fourth-order valence-corrected chi connectivity index (χ4v) is 4.78. The first-order valence-corrected chi connectivity index (χ1v) is 11.5. The van der Waals surface area contributed by atoms with Crippen LogP contribution in [0.3, 0.4) is 0 Å². The normalized spacial score (nSPS) is 18.1. The maximum absolute atomic E-state index is 12.4. The Morgan fingerprint density at radius 3 is 2.37 bits per heavy atom. The molecule has 162 valence electrons. The monoisotopic (exact) mass is 409 g/mol. The van der Waals surface area contributed by atoms with Gasteiger partial charge in [0.15, 0.2) is 0 Å². The number of amides is 1. The summed E-state index contributed by atoms with van der Waals surface area (Å²) in [6.07, 6.45) is 6.98. The first-order chi connectivity index (χ1) is 14.6. The summed E-state index contributed by atoms with van der Waals surface area (Å²) >= 11 is 0. The van der Waals surface area contributed by atoms with Crippen LogP contribution in [0.5, 0.6) is 0 Å². The number of aryl methyl sites for hydroxylation is 2. The van der Waals surface area contributed by atoms with E-state index in [1.54, 1.807) is 0 Å². The van der Waals surface area contributed by atoms with Gasteiger partial charge in [0.25, 0.3) is 5.91 Å². The number of rotatable bonds is 7. The highest BCUT2D eigenvalue weighted by molar-refractivity contribution is 5.94. The lowest BCUT2D eigenvalue weighted by Crippen LogP contribution is -2.43. The molecule has 2 heterocycles. The summed E-state index contributed by atoms with van der Waals surface area (Å²) in [5, 5.41) is 11.4. The van der Waals surface area contributed by atoms with Gasteiger partial charge in [-0.1, -0.05) is 12.8 Å². The minimum absolute atomic E-state index is 0.0685. The molecule has 2 fully saturated rings. The van der Waals surface area contributed by atoms with E-state index in [9.17, 15) is 4.79 Å². The highest BCUT2D eigenvalue weighted by Gasteiger charge is 2.20. The SMILES string of the molecule is Cc1cc(C)n(CCNC2CCN(c3ccc(C(=O)NC4CCCC4)cc3)CC2)n1. The van der Waals surface area contributed by atoms with E-state index in [4.69, 9.17) is 0 Å². The number of carbonyl (C=O) groups is 1. The van der Waals surface area contributed by atoms with Crippen molar-refractivity contribution in [1.82, 2.24) is 20.4 Å². The van der Waals surface area contributed by atoms with Gasteiger partial charge in [0.2, 0.25) is 0 Å². The number of nitrogens with one attached hydrogen (secondary N) is 2. The first-order valence-electron chi connectivity index (χ1n) is 11.5. The Bertz CT molecular complexity index is 830. The second kappa shape index (κ2) is 9.65. The fraction of sp³-hybridized carbons (Fsp3) is 0.583. The number of piperidine rings is 1. The Morgan fingerprint density at radius 2 is 1.73 bits per heavy atom. The van der Waals surface area contributed by atoms with Crippen LogP contribution in [0.1, 0.15) is 60.3 Å². The van der Waals surface area contributed by atoms with Crippen LogP contribution in [-0.4, -0.2) is 47.4 Å². The molecule has 1 aromatic carbocycles. The van der Waals surface area contributed by atoms with Crippen molar-refractivity contribution in [3.05, 3.63) is 47.3 Å². The molecular formula is C24H35N5O. The van der Waals surface area contributed by atoms with Gasteiger partial charge in [0, 0.05) is 48.7 Å². The predicted octanol–water partition coefficient (Wildman–Crippen LogP) is 3.43. The summed E-state index contributed by atoms with van der Waals surface area (Å²) in [7, 11) is 0. The highest BCUT2D eigenvalue weighted by Crippen LogP contribution is 2.22. The Morgan fingerprint density at radius 1 is 1.03 bits per heavy atom. The molecule has 1 saturated heterocycles. The molecule has 0 bridgehead atoms. The first kappa shape index (κ1) is 20.9. The van der Waals surface area contributed by atoms with E-state index in [-0.39, 0.29) is 5.91 Å². The molecule has 1 saturated carbocycles. The van der Waals surface area contributed by atoms with Crippen molar-refractivity contribution in [3.63, 3.8) is 0 Å². The lowest BCUT2D eigenvalue weighted by atomic mass is 10.0. The third-order valence-electron chi connectivity index (χ3n) is 6.54. The summed E-state index contributed by atoms with van der Waals surface area (Å²) in [6.45, 7) is 8.13. The van der Waals surface area contributed by atoms with E-state index in [0.717, 1.165) is 63.1 Å². The number of carbonyl (C=O) groups excluding carboxylic acids is 1. The highest BCUT2D eigenvalue weighted by atomic mass is 16.1. The van der Waals surface area contributed by atoms with Gasteiger partial charge in [-0.2, -0.15) is 5.10 Å². The number of benzene rings is 1. The largest absolute Gasteiger partial charge is 0.371 e. The van der Waals surface area contributed by atoms with Crippen LogP contribution >= 0.6 is 0 Å². The third-order valence-corrected chi connectivity index (χ3v) is 6.54. The van der Waals surface area contributed by atoms with Crippen LogP contribution in [0.4, 0.5) is 5.69 Å². The zero-order chi connectivity index (χ0) is 20.9. The van der Waals surface area contributed by atoms with Gasteiger partial charge in [-0.3, -0.25) is 9.48 Å². The van der Waals surface area contributed by atoms with E-state index in [1.807, 2.05) is 19.1 Å². The minimum atomic E-state index is 0.0685. The second-order valence-electron chi connectivity index (χ2n) is 8.87. The molecule has 0 atom stereocenters. The molecule has 2 N–H and O–H groups in total. The number of nitrogens with zero attached hydrogens (tertiary/aromatic N) is 3. The summed E-state index contributed by atoms with van der Waals surface area (Å²) in [6, 6.07) is 11.2. The molecule has 2 aromatic rings. The summed E-state index contributed by atoms with van der Waals surface area (Å²) in [5.41, 5.74) is 4.30. The topological polar surface area (TPSA) is 62.2 Å². The molecule has 30 heavy (non-hydrogen) atoms. The van der Waals surface area contributed by atoms with Gasteiger partial charge >= 0.3 is 0 Å². The van der Waals surface area contributed by atoms with Crippen LogP contribution in [-0.2, 0) is 6.54 Å². The molecule has 2 aliphatic rings. The number of aromatic nitrogens is 2. The maximum atomic E-state index is 12.4. The third kappa shape index (κ3) is 5.22. The second-order valence-corrected chi connectivity index (χ2v) is 8.87. The standard InChI is InChI=1S/C24H35N5O/c1-18-17-19(2)29(27-18)16-13-25-21-11-14-28(15-12-21)23-9-7-20(8-10-23)24(30)26-22-5-3-4-6-22/h7-10,17,21-22,25H,3-6,11-16H2,1-2H3,(H,26,30). The van der Waals surface area contributed by atoms with E-state index in [0.29, 0.717) is 12.1 Å². The molecule has 0 unspecified atom stereocenters. The molecule has 1 aliphatic heterocycles. The van der Waals surface area contributed by atoms with Gasteiger partial charge in [0.1, 0.15) is 0 Å². The van der Waals surface area contributed by atoms with Crippen molar-refractivity contribution in [2.45, 2.75) is 71.0 Å². The van der Waals surface area contributed by atoms with Gasteiger partial charge in [-0.05, 0) is 69.9 Å². The summed E-state index contributed by atoms with van der Waals surface area (Å²) in [4.78, 5) is 14.8. The van der Waals surface area contributed by atoms with Crippen molar-refractivity contribution in [3.8, 4) is 0 Å². The number of anilines is 1. The molecule has 1 aromatic heterocycles. The summed E-state index contributed by atoms with van der Waals surface area (Å²) in [5.74, 6) is 0.0685. The molecule has 1 aliphatic carbocycles. The van der Waals surface area contributed by atoms with E-state index < -0.39 is 0 Å². The predicted molar refractivity (Wildman–Crippen MR) is 121 cm³/mol. The van der Waals surface area contributed by atoms with Crippen LogP contribution in [0.15, 0.2) is 30.3 Å². The van der Waals surface area contributed by atoms with Gasteiger partial charge < -0.3 is 15.5 Å². The fourth-order valence-electron chi connectivity index (χ4n) is 4.78. The van der Waals surface area contributed by atoms with Crippen molar-refractivity contribution in [2.24, 2.45) is 0 Å². The van der Waals surface area contributed by atoms with Crippen molar-refractivity contribution in [1.29, 1.82) is 0 Å².